The molecule has 0 unspecified atom stereocenters. The fraction of sp³-hybridized carbons (Fsp3) is 0.444. The second kappa shape index (κ2) is 11.0. The number of rotatable bonds is 9. The number of amides is 2. The molecule has 0 spiro atoms. The lowest BCUT2D eigenvalue weighted by molar-refractivity contribution is -0.150. The Balaban J connectivity index is 1.48. The summed E-state index contributed by atoms with van der Waals surface area (Å²) in [7, 11) is -9.23. The molecule has 4 rings (SSSR count). The lowest BCUT2D eigenvalue weighted by Crippen LogP contribution is -2.44. The van der Waals surface area contributed by atoms with Crippen LogP contribution in [0.4, 0.5) is 33.9 Å². The number of hydrogen-bond donors (Lipinski definition) is 3. The van der Waals surface area contributed by atoms with Gasteiger partial charge in [0.15, 0.2) is 11.6 Å². The Morgan fingerprint density at radius 1 is 0.977 bits per heavy atom. The molecule has 0 aromatic heterocycles. The number of carbonyl (C=O) groups is 3. The molecule has 2 aromatic carbocycles. The van der Waals surface area contributed by atoms with Crippen LogP contribution >= 0.6 is 10.2 Å². The van der Waals surface area contributed by atoms with E-state index in [1.165, 1.54) is 7.11 Å². The smallest absolute Gasteiger partial charge is 0.313 e. The van der Waals surface area contributed by atoms with Gasteiger partial charge in [-0.25, -0.2) is 8.78 Å². The molecule has 2 aliphatic rings. The number of halogens is 7. The minimum atomic E-state index is -10.4. The number of anilines is 1. The molecule has 0 bridgehead atoms. The number of nitrogens with one attached hydrogen (secondary N) is 2. The monoisotopic (exact) mass is 658 g/mol. The van der Waals surface area contributed by atoms with Crippen molar-refractivity contribution in [2.24, 2.45) is 11.3 Å². The zero-order valence-corrected chi connectivity index (χ0v) is 24.1. The van der Waals surface area contributed by atoms with Crippen molar-refractivity contribution in [3.05, 3.63) is 47.5 Å². The minimum Gasteiger partial charge on any atom is -0.496 e. The first-order valence-electron chi connectivity index (χ1n) is 13.2. The van der Waals surface area contributed by atoms with Gasteiger partial charge in [0.1, 0.15) is 16.5 Å². The number of aliphatic carboxylic acids is 1. The fourth-order valence-electron chi connectivity index (χ4n) is 5.02. The van der Waals surface area contributed by atoms with Crippen LogP contribution in [0.3, 0.4) is 0 Å². The molecule has 244 valence electrons. The van der Waals surface area contributed by atoms with E-state index >= 15 is 0 Å². The van der Waals surface area contributed by atoms with Crippen molar-refractivity contribution in [3.8, 4) is 11.5 Å². The van der Waals surface area contributed by atoms with E-state index in [1.54, 1.807) is 6.92 Å². The zero-order chi connectivity index (χ0) is 32.7. The molecule has 2 fully saturated rings. The molecule has 1 aliphatic heterocycles. The van der Waals surface area contributed by atoms with Crippen LogP contribution in [-0.2, 0) is 14.3 Å². The maximum Gasteiger partial charge on any atom is 0.313 e. The number of methoxy groups -OCH3 is 1. The van der Waals surface area contributed by atoms with Crippen LogP contribution in [0.25, 0.3) is 0 Å². The number of hydrogen-bond acceptors (Lipinski definition) is 6. The highest BCUT2D eigenvalue weighted by Gasteiger charge is 2.67. The normalized spacial score (nSPS) is 25.3. The quantitative estimate of drug-likeness (QED) is 0.266. The average Bonchev–Trinajstić information content (AvgIpc) is 3.38. The number of benzene rings is 2. The van der Waals surface area contributed by atoms with Crippen LogP contribution in [0.2, 0.25) is 0 Å². The summed E-state index contributed by atoms with van der Waals surface area (Å²) in [4.78, 5) is 34.8. The summed E-state index contributed by atoms with van der Waals surface area (Å²) < 4.78 is 111. The van der Waals surface area contributed by atoms with Gasteiger partial charge in [0.25, 0.3) is 5.91 Å². The summed E-state index contributed by atoms with van der Waals surface area (Å²) in [6.07, 6.45) is 0.710. The van der Waals surface area contributed by atoms with Crippen molar-refractivity contribution in [2.75, 3.05) is 25.6 Å². The molecule has 2 atom stereocenters. The zero-order valence-electron chi connectivity index (χ0n) is 23.3. The van der Waals surface area contributed by atoms with Gasteiger partial charge in [-0.15, -0.1) is 0 Å². The second-order valence-electron chi connectivity index (χ2n) is 11.0. The van der Waals surface area contributed by atoms with Crippen LogP contribution in [0.15, 0.2) is 35.2 Å². The summed E-state index contributed by atoms with van der Waals surface area (Å²) in [5, 5.41) is 13.9. The highest BCUT2D eigenvalue weighted by Crippen LogP contribution is 3.02. The Labute approximate surface area is 246 Å². The van der Waals surface area contributed by atoms with Crippen LogP contribution in [0.5, 0.6) is 11.5 Å². The number of ether oxygens (including phenoxy) is 3. The van der Waals surface area contributed by atoms with Crippen LogP contribution in [0.1, 0.15) is 43.0 Å². The van der Waals surface area contributed by atoms with E-state index < -0.39 is 73.7 Å². The van der Waals surface area contributed by atoms with Gasteiger partial charge in [0.05, 0.1) is 49.4 Å². The topological polar surface area (TPSA) is 123 Å². The highest BCUT2D eigenvalue weighted by molar-refractivity contribution is 8.45. The van der Waals surface area contributed by atoms with Gasteiger partial charge >= 0.3 is 16.2 Å². The Hall–Kier alpha value is -3.73. The Kier molecular flexibility index (Phi) is 8.30. The molecule has 3 N–H and O–H groups in total. The first-order chi connectivity index (χ1) is 20.2. The van der Waals surface area contributed by atoms with E-state index in [4.69, 9.17) is 14.2 Å². The molecule has 1 aliphatic carbocycles. The maximum absolute atomic E-state index is 14.8. The largest absolute Gasteiger partial charge is 0.496 e. The number of carbonyl (C=O) groups excluding carboxylic acids is 2. The summed E-state index contributed by atoms with van der Waals surface area (Å²) in [6, 6.07) is 1.53. The minimum absolute atomic E-state index is 0.145. The van der Waals surface area contributed by atoms with Crippen LogP contribution < -0.4 is 20.1 Å². The van der Waals surface area contributed by atoms with Gasteiger partial charge in [-0.05, 0) is 56.9 Å². The van der Waals surface area contributed by atoms with E-state index in [2.05, 4.69) is 5.32 Å². The van der Waals surface area contributed by atoms with Gasteiger partial charge in [-0.3, -0.25) is 14.4 Å². The van der Waals surface area contributed by atoms with E-state index in [9.17, 15) is 47.7 Å². The Bertz CT molecular complexity index is 1480. The summed E-state index contributed by atoms with van der Waals surface area (Å²) in [5.41, 5.74) is -1.88. The molecule has 0 radical (unpaired) electrons. The first-order valence-corrected chi connectivity index (χ1v) is 15.2. The van der Waals surface area contributed by atoms with Crippen LogP contribution in [0, 0.1) is 23.0 Å². The summed E-state index contributed by atoms with van der Waals surface area (Å²) in [6.45, 7) is 1.08. The van der Waals surface area contributed by atoms with Crippen molar-refractivity contribution < 1.29 is 61.9 Å². The predicted octanol–water partition coefficient (Wildman–Crippen LogP) is 6.43. The van der Waals surface area contributed by atoms with Gasteiger partial charge in [0, 0.05) is 11.8 Å². The van der Waals surface area contributed by atoms with Crippen molar-refractivity contribution in [1.82, 2.24) is 5.32 Å². The molecular formula is C27H29F7N2O7S. The second-order valence-corrected chi connectivity index (χ2v) is 13.4. The van der Waals surface area contributed by atoms with E-state index in [0.717, 1.165) is 12.1 Å². The molecule has 9 nitrogen and oxygen atoms in total. The number of carboxylic acids is 1. The Morgan fingerprint density at radius 3 is 2.23 bits per heavy atom. The SMILES string of the molecule is COc1cc(F)c(OC2CCC(C)(C(=O)O)CC2)cc1C(=O)N[C@H]1COC[C@H]1C(=O)Nc1ccc(F)c(S(F)(F)(F)(F)F)c1. The maximum atomic E-state index is 14.8. The molecule has 17 heteroatoms. The third-order valence-corrected chi connectivity index (χ3v) is 8.84. The van der Waals surface area contributed by atoms with Crippen molar-refractivity contribution in [2.45, 2.75) is 49.6 Å². The third kappa shape index (κ3) is 7.31. The molecule has 2 aromatic rings. The summed E-state index contributed by atoms with van der Waals surface area (Å²) >= 11 is 0. The molecule has 1 saturated carbocycles. The molecular weight excluding hydrogens is 629 g/mol. The Morgan fingerprint density at radius 2 is 1.64 bits per heavy atom. The van der Waals surface area contributed by atoms with Crippen molar-refractivity contribution in [1.29, 1.82) is 0 Å². The van der Waals surface area contributed by atoms with E-state index in [1.807, 2.05) is 5.32 Å². The summed E-state index contributed by atoms with van der Waals surface area (Å²) in [5.74, 6) is -7.57. The molecule has 1 heterocycles. The fourth-order valence-corrected chi connectivity index (χ4v) is 5.81. The predicted molar refractivity (Wildman–Crippen MR) is 144 cm³/mol. The third-order valence-electron chi connectivity index (χ3n) is 7.69. The molecule has 2 amide bonds. The highest BCUT2D eigenvalue weighted by atomic mass is 32.5. The van der Waals surface area contributed by atoms with Crippen LogP contribution in [-0.4, -0.2) is 55.4 Å². The van der Waals surface area contributed by atoms with Crippen molar-refractivity contribution >= 4 is 33.7 Å². The molecule has 44 heavy (non-hydrogen) atoms. The van der Waals surface area contributed by atoms with Crippen molar-refractivity contribution in [3.63, 3.8) is 0 Å². The standard InChI is InChI=1S/C27H29F7N2O7S/c1-27(26(39)40)7-5-15(6-8-27)43-22-10-16(21(41-2)11-19(22)29)24(37)36-20-13-42-12-17(20)25(38)35-14-3-4-18(28)23(9-14)44(30,31,32,33)34/h3-4,9-11,15,17,20H,5-8,12-13H2,1-2H3,(H,35,38)(H,36,37)(H,39,40)/t15?,17-,20+,27?/m1/s1. The van der Waals surface area contributed by atoms with E-state index in [0.29, 0.717) is 31.7 Å². The van der Waals surface area contributed by atoms with Gasteiger partial charge in [0.2, 0.25) is 5.91 Å². The molecule has 1 saturated heterocycles. The van der Waals surface area contributed by atoms with Gasteiger partial charge < -0.3 is 30.0 Å². The first kappa shape index (κ1) is 33.2. The lowest BCUT2D eigenvalue weighted by Gasteiger charge is -2.40. The van der Waals surface area contributed by atoms with Gasteiger partial charge in [-0.2, -0.15) is 0 Å². The lowest BCUT2D eigenvalue weighted by atomic mass is 9.75. The van der Waals surface area contributed by atoms with E-state index in [-0.39, 0.29) is 42.4 Å². The number of carboxylic acid groups (broad SMARTS) is 1. The average molecular weight is 659 g/mol. The van der Waals surface area contributed by atoms with Gasteiger partial charge in [-0.1, -0.05) is 19.4 Å².